The van der Waals surface area contributed by atoms with E-state index in [1.807, 2.05) is 36.4 Å². The second-order valence-electron chi connectivity index (χ2n) is 6.82. The van der Waals surface area contributed by atoms with Gasteiger partial charge >= 0.3 is 0 Å². The van der Waals surface area contributed by atoms with Crippen molar-refractivity contribution in [3.8, 4) is 5.75 Å². The lowest BCUT2D eigenvalue weighted by molar-refractivity contribution is -0.130. The van der Waals surface area contributed by atoms with Crippen molar-refractivity contribution in [2.24, 2.45) is 0 Å². The van der Waals surface area contributed by atoms with Gasteiger partial charge in [-0.3, -0.25) is 4.79 Å². The van der Waals surface area contributed by atoms with Crippen molar-refractivity contribution in [3.05, 3.63) is 72.0 Å². The molecular formula is C22H22FNO4S. The van der Waals surface area contributed by atoms with Crippen LogP contribution in [0.3, 0.4) is 0 Å². The van der Waals surface area contributed by atoms with Gasteiger partial charge in [-0.05, 0) is 58.8 Å². The van der Waals surface area contributed by atoms with Crippen molar-refractivity contribution in [2.45, 2.75) is 17.9 Å². The third-order valence-electron chi connectivity index (χ3n) is 4.71. The lowest BCUT2D eigenvalue weighted by Gasteiger charge is -2.18. The molecule has 0 saturated carbocycles. The zero-order valence-electron chi connectivity index (χ0n) is 16.3. The van der Waals surface area contributed by atoms with E-state index in [-0.39, 0.29) is 23.0 Å². The molecule has 3 rings (SSSR count). The van der Waals surface area contributed by atoms with Crippen LogP contribution in [0.2, 0.25) is 0 Å². The minimum absolute atomic E-state index is 0.0133. The first kappa shape index (κ1) is 20.8. The van der Waals surface area contributed by atoms with Crippen LogP contribution >= 0.6 is 0 Å². The molecule has 0 radical (unpaired) electrons. The van der Waals surface area contributed by atoms with Crippen molar-refractivity contribution in [1.82, 2.24) is 4.90 Å². The fraction of sp³-hybridized carbons (Fsp3) is 0.227. The van der Waals surface area contributed by atoms with E-state index in [0.29, 0.717) is 6.54 Å². The number of nitrogens with zero attached hydrogens (tertiary/aromatic N) is 1. The number of benzene rings is 3. The van der Waals surface area contributed by atoms with Crippen LogP contribution < -0.4 is 4.74 Å². The van der Waals surface area contributed by atoms with Gasteiger partial charge in [-0.15, -0.1) is 0 Å². The number of amides is 1. The number of halogens is 1. The van der Waals surface area contributed by atoms with Crippen molar-refractivity contribution in [2.75, 3.05) is 19.9 Å². The van der Waals surface area contributed by atoms with Gasteiger partial charge in [0, 0.05) is 20.0 Å². The standard InChI is InChI=1S/C22H22FNO4S/c1-24(15-16-3-4-18-14-20(28-2)8-5-17(18)13-16)22(25)11-12-29(26,27)21-9-6-19(23)7-10-21/h3-10,13-14H,11-12,15H2,1-2H3. The van der Waals surface area contributed by atoms with E-state index < -0.39 is 15.7 Å². The van der Waals surface area contributed by atoms with Crippen LogP contribution in [0.5, 0.6) is 5.75 Å². The molecule has 3 aromatic rings. The number of carbonyl (C=O) groups is 1. The number of methoxy groups -OCH3 is 1. The summed E-state index contributed by atoms with van der Waals surface area (Å²) in [7, 11) is -0.379. The molecule has 0 heterocycles. The predicted octanol–water partition coefficient (Wildman–Crippen LogP) is 3.81. The molecule has 0 N–H and O–H groups in total. The maximum atomic E-state index is 13.0. The molecule has 0 aliphatic rings. The molecule has 0 unspecified atom stereocenters. The first-order chi connectivity index (χ1) is 13.8. The van der Waals surface area contributed by atoms with Crippen LogP contribution in [0, 0.1) is 5.82 Å². The highest BCUT2D eigenvalue weighted by Gasteiger charge is 2.18. The van der Waals surface area contributed by atoms with E-state index in [1.165, 1.54) is 17.0 Å². The molecule has 0 fully saturated rings. The van der Waals surface area contributed by atoms with E-state index in [9.17, 15) is 17.6 Å². The van der Waals surface area contributed by atoms with Crippen LogP contribution in [0.25, 0.3) is 10.8 Å². The summed E-state index contributed by atoms with van der Waals surface area (Å²) in [5.74, 6) is -0.321. The molecule has 29 heavy (non-hydrogen) atoms. The molecule has 0 aromatic heterocycles. The van der Waals surface area contributed by atoms with Gasteiger partial charge < -0.3 is 9.64 Å². The van der Waals surface area contributed by atoms with Gasteiger partial charge in [0.05, 0.1) is 17.8 Å². The minimum Gasteiger partial charge on any atom is -0.497 e. The molecule has 0 bridgehead atoms. The second kappa shape index (κ2) is 8.61. The Morgan fingerprint density at radius 1 is 1.00 bits per heavy atom. The summed E-state index contributed by atoms with van der Waals surface area (Å²) in [5.41, 5.74) is 0.944. The number of ether oxygens (including phenoxy) is 1. The molecule has 0 aliphatic heterocycles. The highest BCUT2D eigenvalue weighted by molar-refractivity contribution is 7.91. The number of carbonyl (C=O) groups excluding carboxylic acids is 1. The Balaban J connectivity index is 1.63. The number of hydrogen-bond acceptors (Lipinski definition) is 4. The number of hydrogen-bond donors (Lipinski definition) is 0. The number of sulfone groups is 1. The number of fused-ring (bicyclic) bond motifs is 1. The molecule has 0 atom stereocenters. The minimum atomic E-state index is -3.64. The summed E-state index contributed by atoms with van der Waals surface area (Å²) < 4.78 is 42.8. The summed E-state index contributed by atoms with van der Waals surface area (Å²) in [6.45, 7) is 0.372. The van der Waals surface area contributed by atoms with Crippen LogP contribution in [-0.2, 0) is 21.2 Å². The molecule has 152 valence electrons. The third kappa shape index (κ3) is 5.12. The van der Waals surface area contributed by atoms with Crippen LogP contribution in [0.4, 0.5) is 4.39 Å². The Bertz CT molecular complexity index is 1130. The molecule has 7 heteroatoms. The highest BCUT2D eigenvalue weighted by Crippen LogP contribution is 2.22. The first-order valence-electron chi connectivity index (χ1n) is 9.07. The topological polar surface area (TPSA) is 63.7 Å². The van der Waals surface area contributed by atoms with Gasteiger partial charge in [0.2, 0.25) is 5.91 Å². The summed E-state index contributed by atoms with van der Waals surface area (Å²) in [6.07, 6.45) is -0.138. The van der Waals surface area contributed by atoms with Crippen LogP contribution in [0.1, 0.15) is 12.0 Å². The SMILES string of the molecule is COc1ccc2cc(CN(C)C(=O)CCS(=O)(=O)c3ccc(F)cc3)ccc2c1. The highest BCUT2D eigenvalue weighted by atomic mass is 32.2. The Morgan fingerprint density at radius 2 is 1.66 bits per heavy atom. The van der Waals surface area contributed by atoms with E-state index in [2.05, 4.69) is 0 Å². The summed E-state index contributed by atoms with van der Waals surface area (Å²) in [4.78, 5) is 13.9. The zero-order chi connectivity index (χ0) is 21.0. The first-order valence-corrected chi connectivity index (χ1v) is 10.7. The lowest BCUT2D eigenvalue weighted by Crippen LogP contribution is -2.28. The quantitative estimate of drug-likeness (QED) is 0.551. The largest absolute Gasteiger partial charge is 0.497 e. The maximum absolute atomic E-state index is 13.0. The average Bonchev–Trinajstić information content (AvgIpc) is 2.72. The Hall–Kier alpha value is -2.93. The fourth-order valence-corrected chi connectivity index (χ4v) is 4.26. The van der Waals surface area contributed by atoms with Gasteiger partial charge in [0.1, 0.15) is 11.6 Å². The van der Waals surface area contributed by atoms with Crippen molar-refractivity contribution in [3.63, 3.8) is 0 Å². The van der Waals surface area contributed by atoms with Crippen molar-refractivity contribution < 1.29 is 22.3 Å². The number of rotatable bonds is 7. The monoisotopic (exact) mass is 415 g/mol. The van der Waals surface area contributed by atoms with Crippen LogP contribution in [-0.4, -0.2) is 39.1 Å². The molecule has 0 aliphatic carbocycles. The van der Waals surface area contributed by atoms with Crippen molar-refractivity contribution in [1.29, 1.82) is 0 Å². The smallest absolute Gasteiger partial charge is 0.223 e. The maximum Gasteiger partial charge on any atom is 0.223 e. The molecular weight excluding hydrogens is 393 g/mol. The van der Waals surface area contributed by atoms with Gasteiger partial charge in [0.25, 0.3) is 0 Å². The normalized spacial score (nSPS) is 11.4. The molecule has 1 amide bonds. The molecule has 5 nitrogen and oxygen atoms in total. The van der Waals surface area contributed by atoms with Gasteiger partial charge in [-0.2, -0.15) is 0 Å². The van der Waals surface area contributed by atoms with Crippen LogP contribution in [0.15, 0.2) is 65.6 Å². The average molecular weight is 415 g/mol. The molecule has 0 saturated heterocycles. The Morgan fingerprint density at radius 3 is 2.34 bits per heavy atom. The van der Waals surface area contributed by atoms with E-state index in [1.54, 1.807) is 14.2 Å². The van der Waals surface area contributed by atoms with E-state index in [4.69, 9.17) is 4.74 Å². The molecule has 3 aromatic carbocycles. The van der Waals surface area contributed by atoms with Crippen molar-refractivity contribution >= 4 is 26.5 Å². The molecule has 0 spiro atoms. The third-order valence-corrected chi connectivity index (χ3v) is 6.45. The van der Waals surface area contributed by atoms with Gasteiger partial charge in [-0.25, -0.2) is 12.8 Å². The van der Waals surface area contributed by atoms with Gasteiger partial charge in [0.15, 0.2) is 9.84 Å². The summed E-state index contributed by atoms with van der Waals surface area (Å²) in [5, 5.41) is 2.07. The summed E-state index contributed by atoms with van der Waals surface area (Å²) >= 11 is 0. The lowest BCUT2D eigenvalue weighted by atomic mass is 10.1. The Labute approximate surface area is 169 Å². The second-order valence-corrected chi connectivity index (χ2v) is 8.93. The predicted molar refractivity (Wildman–Crippen MR) is 110 cm³/mol. The van der Waals surface area contributed by atoms with E-state index >= 15 is 0 Å². The zero-order valence-corrected chi connectivity index (χ0v) is 17.1. The Kier molecular flexibility index (Phi) is 6.17. The van der Waals surface area contributed by atoms with Gasteiger partial charge in [-0.1, -0.05) is 18.2 Å². The fourth-order valence-electron chi connectivity index (χ4n) is 3.03. The van der Waals surface area contributed by atoms with E-state index in [0.717, 1.165) is 34.2 Å². The summed E-state index contributed by atoms with van der Waals surface area (Å²) in [6, 6.07) is 16.3.